The molecule has 0 radical (unpaired) electrons. The van der Waals surface area contributed by atoms with Crippen LogP contribution in [0.2, 0.25) is 0 Å². The lowest BCUT2D eigenvalue weighted by Crippen LogP contribution is -2.80. The van der Waals surface area contributed by atoms with E-state index in [0.29, 0.717) is 4.90 Å². The summed E-state index contributed by atoms with van der Waals surface area (Å²) in [5, 5.41) is 25.1. The number of carbonyl (C=O) groups excluding carboxylic acids is 3. The van der Waals surface area contributed by atoms with Crippen molar-refractivity contribution in [3.63, 3.8) is 0 Å². The number of nitrogens with zero attached hydrogens (tertiary/aromatic N) is 1. The van der Waals surface area contributed by atoms with Crippen molar-refractivity contribution in [1.82, 2.24) is 20.9 Å². The van der Waals surface area contributed by atoms with Crippen molar-refractivity contribution >= 4 is 18.0 Å². The van der Waals surface area contributed by atoms with Crippen molar-refractivity contribution in [2.45, 2.75) is 11.6 Å². The number of carbonyl (C=O) groups is 3. The fourth-order valence-electron chi connectivity index (χ4n) is 1.49. The average molecular weight is 216 g/mol. The highest BCUT2D eigenvalue weighted by Gasteiger charge is 2.69. The van der Waals surface area contributed by atoms with Crippen LogP contribution in [-0.2, 0) is 4.79 Å². The van der Waals surface area contributed by atoms with Gasteiger partial charge in [0.25, 0.3) is 17.5 Å². The Balaban J connectivity index is 2.53. The summed E-state index contributed by atoms with van der Waals surface area (Å²) in [4.78, 5) is 34.0. The summed E-state index contributed by atoms with van der Waals surface area (Å²) in [5.74, 6) is -3.69. The number of likely N-dealkylation sites (N-methyl/N-ethyl adjacent to an activating group) is 1. The number of hydrogen-bond donors (Lipinski definition) is 5. The van der Waals surface area contributed by atoms with E-state index in [0.717, 1.165) is 7.05 Å². The predicted molar refractivity (Wildman–Crippen MR) is 42.9 cm³/mol. The SMILES string of the molecule is CN1C(=O)NC(=O)C2(O)NC(=O)NC12O. The Morgan fingerprint density at radius 1 is 1.20 bits per heavy atom. The molecule has 2 heterocycles. The topological polar surface area (TPSA) is 131 Å². The minimum absolute atomic E-state index is 0.603. The molecule has 9 heteroatoms. The van der Waals surface area contributed by atoms with Crippen LogP contribution in [0.5, 0.6) is 0 Å². The molecule has 0 bridgehead atoms. The van der Waals surface area contributed by atoms with E-state index >= 15 is 0 Å². The third-order valence-corrected chi connectivity index (χ3v) is 2.43. The molecular formula is C6H8N4O5. The van der Waals surface area contributed by atoms with Gasteiger partial charge in [0.05, 0.1) is 0 Å². The van der Waals surface area contributed by atoms with Gasteiger partial charge in [0.2, 0.25) is 0 Å². The van der Waals surface area contributed by atoms with Gasteiger partial charge in [-0.05, 0) is 0 Å². The van der Waals surface area contributed by atoms with Gasteiger partial charge >= 0.3 is 12.1 Å². The number of hydrogen-bond acceptors (Lipinski definition) is 5. The highest BCUT2D eigenvalue weighted by Crippen LogP contribution is 2.28. The molecule has 82 valence electrons. The van der Waals surface area contributed by atoms with E-state index in [1.165, 1.54) is 0 Å². The van der Waals surface area contributed by atoms with Crippen molar-refractivity contribution in [2.75, 3.05) is 7.05 Å². The lowest BCUT2D eigenvalue weighted by atomic mass is 10.1. The Labute approximate surface area is 83.0 Å². The first-order chi connectivity index (χ1) is 6.81. The molecule has 5 N–H and O–H groups in total. The molecular weight excluding hydrogens is 208 g/mol. The quantitative estimate of drug-likeness (QED) is 0.291. The molecule has 5 amide bonds. The van der Waals surface area contributed by atoms with E-state index in [-0.39, 0.29) is 0 Å². The molecule has 9 nitrogen and oxygen atoms in total. The second-order valence-electron chi connectivity index (χ2n) is 3.28. The van der Waals surface area contributed by atoms with E-state index in [1.54, 1.807) is 5.32 Å². The third-order valence-electron chi connectivity index (χ3n) is 2.43. The number of amides is 5. The zero-order valence-electron chi connectivity index (χ0n) is 7.57. The maximum atomic E-state index is 11.3. The van der Waals surface area contributed by atoms with Crippen LogP contribution in [0.25, 0.3) is 0 Å². The molecule has 2 fully saturated rings. The van der Waals surface area contributed by atoms with Crippen molar-refractivity contribution < 1.29 is 24.6 Å². The standard InChI is InChI=1S/C6H8N4O5/c1-10-4(13)7-2(11)5(14)6(10,15)9-3(12)8-5/h14-15H,1H3,(H,7,11,13)(H2,8,9,12). The Bertz CT molecular complexity index is 384. The molecule has 0 saturated carbocycles. The van der Waals surface area contributed by atoms with Gasteiger partial charge in [-0.25, -0.2) is 9.59 Å². The summed E-state index contributed by atoms with van der Waals surface area (Å²) in [6.07, 6.45) is 0. The van der Waals surface area contributed by atoms with E-state index < -0.39 is 29.5 Å². The van der Waals surface area contributed by atoms with E-state index in [1.807, 2.05) is 10.6 Å². The molecule has 2 rings (SSSR count). The lowest BCUT2D eigenvalue weighted by Gasteiger charge is -2.43. The minimum Gasteiger partial charge on any atom is -0.358 e. The van der Waals surface area contributed by atoms with Gasteiger partial charge < -0.3 is 10.2 Å². The zero-order chi connectivity index (χ0) is 11.4. The highest BCUT2D eigenvalue weighted by molar-refractivity contribution is 6.05. The maximum absolute atomic E-state index is 11.3. The molecule has 0 aromatic heterocycles. The van der Waals surface area contributed by atoms with Gasteiger partial charge in [-0.15, -0.1) is 0 Å². The van der Waals surface area contributed by atoms with Crippen molar-refractivity contribution in [3.8, 4) is 0 Å². The molecule has 0 aromatic carbocycles. The number of fused-ring (bicyclic) bond motifs is 1. The number of urea groups is 2. The first kappa shape index (κ1) is 9.68. The highest BCUT2D eigenvalue weighted by atomic mass is 16.4. The number of imide groups is 1. The zero-order valence-corrected chi connectivity index (χ0v) is 7.57. The maximum Gasteiger partial charge on any atom is 0.327 e. The lowest BCUT2D eigenvalue weighted by molar-refractivity contribution is -0.220. The normalized spacial score (nSPS) is 39.4. The third kappa shape index (κ3) is 0.903. The van der Waals surface area contributed by atoms with Gasteiger partial charge in [-0.2, -0.15) is 0 Å². The van der Waals surface area contributed by atoms with Crippen LogP contribution in [0, 0.1) is 0 Å². The van der Waals surface area contributed by atoms with E-state index in [4.69, 9.17) is 0 Å². The largest absolute Gasteiger partial charge is 0.358 e. The van der Waals surface area contributed by atoms with Crippen LogP contribution >= 0.6 is 0 Å². The molecule has 0 aromatic rings. The monoisotopic (exact) mass is 216 g/mol. The molecule has 2 atom stereocenters. The van der Waals surface area contributed by atoms with Crippen LogP contribution in [0.15, 0.2) is 0 Å². The van der Waals surface area contributed by atoms with Crippen molar-refractivity contribution in [3.05, 3.63) is 0 Å². The van der Waals surface area contributed by atoms with Crippen LogP contribution in [0.1, 0.15) is 0 Å². The Morgan fingerprint density at radius 3 is 2.40 bits per heavy atom. The fraction of sp³-hybridized carbons (Fsp3) is 0.500. The van der Waals surface area contributed by atoms with Gasteiger partial charge in [0, 0.05) is 7.05 Å². The molecule has 0 aliphatic carbocycles. The summed E-state index contributed by atoms with van der Waals surface area (Å²) >= 11 is 0. The smallest absolute Gasteiger partial charge is 0.327 e. The van der Waals surface area contributed by atoms with Crippen molar-refractivity contribution in [1.29, 1.82) is 0 Å². The average Bonchev–Trinajstić information content (AvgIpc) is 2.36. The predicted octanol–water partition coefficient (Wildman–Crippen LogP) is -3.18. The van der Waals surface area contributed by atoms with E-state index in [2.05, 4.69) is 0 Å². The van der Waals surface area contributed by atoms with Gasteiger partial charge in [-0.3, -0.25) is 25.6 Å². The summed E-state index contributed by atoms with van der Waals surface area (Å²) in [7, 11) is 1.11. The molecule has 0 spiro atoms. The minimum atomic E-state index is -2.59. The van der Waals surface area contributed by atoms with Crippen molar-refractivity contribution in [2.24, 2.45) is 0 Å². The summed E-state index contributed by atoms with van der Waals surface area (Å²) in [5.41, 5.74) is -2.59. The Morgan fingerprint density at radius 2 is 1.80 bits per heavy atom. The molecule has 2 saturated heterocycles. The number of nitrogens with one attached hydrogen (secondary N) is 3. The summed E-state index contributed by atoms with van der Waals surface area (Å²) < 4.78 is 0. The van der Waals surface area contributed by atoms with E-state index in [9.17, 15) is 24.6 Å². The number of aliphatic hydroxyl groups is 2. The van der Waals surface area contributed by atoms with Crippen LogP contribution in [-0.4, -0.2) is 51.7 Å². The van der Waals surface area contributed by atoms with Gasteiger partial charge in [0.15, 0.2) is 0 Å². The summed E-state index contributed by atoms with van der Waals surface area (Å²) in [6, 6.07) is -1.90. The second kappa shape index (κ2) is 2.38. The fourth-order valence-corrected chi connectivity index (χ4v) is 1.49. The first-order valence-corrected chi connectivity index (χ1v) is 3.95. The molecule has 15 heavy (non-hydrogen) atoms. The molecule has 2 unspecified atom stereocenters. The number of rotatable bonds is 0. The summed E-state index contributed by atoms with van der Waals surface area (Å²) in [6.45, 7) is 0. The van der Waals surface area contributed by atoms with Crippen LogP contribution in [0.4, 0.5) is 9.59 Å². The molecule has 2 aliphatic heterocycles. The second-order valence-corrected chi connectivity index (χ2v) is 3.28. The molecule has 2 aliphatic rings. The van der Waals surface area contributed by atoms with Crippen LogP contribution in [0.3, 0.4) is 0 Å². The Hall–Kier alpha value is -1.87. The van der Waals surface area contributed by atoms with Crippen LogP contribution < -0.4 is 16.0 Å². The van der Waals surface area contributed by atoms with Gasteiger partial charge in [0.1, 0.15) is 0 Å². The first-order valence-electron chi connectivity index (χ1n) is 3.95. The van der Waals surface area contributed by atoms with Gasteiger partial charge in [-0.1, -0.05) is 0 Å². The Kier molecular flexibility index (Phi) is 1.53.